The van der Waals surface area contributed by atoms with E-state index in [2.05, 4.69) is 10.4 Å². The first kappa shape index (κ1) is 18.2. The average molecular weight is 365 g/mol. The maximum absolute atomic E-state index is 12.6. The summed E-state index contributed by atoms with van der Waals surface area (Å²) in [5, 5.41) is 6.84. The highest BCUT2D eigenvalue weighted by Crippen LogP contribution is 2.23. The quantitative estimate of drug-likeness (QED) is 0.726. The topological polar surface area (TPSA) is 82.5 Å². The third kappa shape index (κ3) is 4.14. The van der Waals surface area contributed by atoms with E-state index in [1.54, 1.807) is 48.5 Å². The highest BCUT2D eigenvalue weighted by atomic mass is 16.5. The van der Waals surface area contributed by atoms with Crippen molar-refractivity contribution in [3.63, 3.8) is 0 Å². The van der Waals surface area contributed by atoms with E-state index >= 15 is 0 Å². The van der Waals surface area contributed by atoms with Crippen LogP contribution in [0, 0.1) is 0 Å². The smallest absolute Gasteiger partial charge is 0.280 e. The maximum atomic E-state index is 12.6. The zero-order valence-corrected chi connectivity index (χ0v) is 15.0. The second kappa shape index (κ2) is 8.18. The Balaban J connectivity index is 1.88. The lowest BCUT2D eigenvalue weighted by Gasteiger charge is -2.11. The fourth-order valence-corrected chi connectivity index (χ4v) is 2.50. The van der Waals surface area contributed by atoms with Crippen LogP contribution in [-0.2, 0) is 0 Å². The molecule has 0 saturated carbocycles. The number of carbonyl (C=O) groups is 1. The molecule has 0 atom stereocenters. The summed E-state index contributed by atoms with van der Waals surface area (Å²) in [4.78, 5) is 24.7. The normalized spacial score (nSPS) is 10.3. The minimum absolute atomic E-state index is 0.211. The molecule has 1 N–H and O–H groups in total. The first-order valence-corrected chi connectivity index (χ1v) is 8.40. The number of aromatic nitrogens is 2. The van der Waals surface area contributed by atoms with Gasteiger partial charge in [-0.1, -0.05) is 12.1 Å². The van der Waals surface area contributed by atoms with Crippen molar-refractivity contribution in [3.05, 3.63) is 76.7 Å². The van der Waals surface area contributed by atoms with Gasteiger partial charge in [0.1, 0.15) is 11.5 Å². The molecule has 1 amide bonds. The van der Waals surface area contributed by atoms with Crippen molar-refractivity contribution in [2.24, 2.45) is 0 Å². The molecule has 7 nitrogen and oxygen atoms in total. The van der Waals surface area contributed by atoms with E-state index in [-0.39, 0.29) is 5.69 Å². The van der Waals surface area contributed by atoms with Crippen LogP contribution in [0.5, 0.6) is 11.5 Å². The van der Waals surface area contributed by atoms with Gasteiger partial charge in [-0.3, -0.25) is 9.59 Å². The van der Waals surface area contributed by atoms with Gasteiger partial charge in [0.05, 0.1) is 25.1 Å². The molecular formula is C20H19N3O4. The van der Waals surface area contributed by atoms with Crippen molar-refractivity contribution >= 4 is 11.6 Å². The van der Waals surface area contributed by atoms with Crippen molar-refractivity contribution in [2.45, 2.75) is 6.92 Å². The molecule has 0 aliphatic heterocycles. The van der Waals surface area contributed by atoms with Gasteiger partial charge in [0.15, 0.2) is 5.69 Å². The molecule has 0 aliphatic carbocycles. The zero-order chi connectivity index (χ0) is 19.2. The predicted octanol–water partition coefficient (Wildman–Crippen LogP) is 2.89. The molecule has 0 aliphatic rings. The Morgan fingerprint density at radius 1 is 1.11 bits per heavy atom. The number of para-hydroxylation sites is 2. The molecule has 2 aromatic carbocycles. The van der Waals surface area contributed by atoms with Crippen LogP contribution in [-0.4, -0.2) is 29.4 Å². The molecular weight excluding hydrogens is 346 g/mol. The summed E-state index contributed by atoms with van der Waals surface area (Å²) in [6.45, 7) is 2.48. The number of hydrogen-bond donors (Lipinski definition) is 1. The lowest BCUT2D eigenvalue weighted by atomic mass is 10.2. The molecule has 0 unspecified atom stereocenters. The van der Waals surface area contributed by atoms with Crippen molar-refractivity contribution in [1.82, 2.24) is 9.78 Å². The minimum atomic E-state index is -0.607. The standard InChI is InChI=1S/C20H19N3O4/c1-3-27-15-10-8-14(9-11-15)23-13-12-17(24)19(22-23)20(25)21-16-6-4-5-7-18(16)26-2/h4-13H,3H2,1-2H3,(H,21,25). The Labute approximate surface area is 156 Å². The molecule has 0 saturated heterocycles. The number of anilines is 1. The summed E-state index contributed by atoms with van der Waals surface area (Å²) < 4.78 is 12.1. The molecule has 3 rings (SSSR count). The third-order valence-corrected chi connectivity index (χ3v) is 3.79. The monoisotopic (exact) mass is 365 g/mol. The van der Waals surface area contributed by atoms with Crippen LogP contribution in [0.15, 0.2) is 65.6 Å². The van der Waals surface area contributed by atoms with Crippen LogP contribution in [0.3, 0.4) is 0 Å². The van der Waals surface area contributed by atoms with Crippen LogP contribution >= 0.6 is 0 Å². The highest BCUT2D eigenvalue weighted by Gasteiger charge is 2.15. The third-order valence-electron chi connectivity index (χ3n) is 3.79. The van der Waals surface area contributed by atoms with Gasteiger partial charge in [-0.15, -0.1) is 0 Å². The van der Waals surface area contributed by atoms with Gasteiger partial charge in [0.2, 0.25) is 5.43 Å². The highest BCUT2D eigenvalue weighted by molar-refractivity contribution is 6.03. The average Bonchev–Trinajstić information content (AvgIpc) is 2.69. The number of nitrogens with one attached hydrogen (secondary N) is 1. The molecule has 0 bridgehead atoms. The van der Waals surface area contributed by atoms with Crippen molar-refractivity contribution < 1.29 is 14.3 Å². The van der Waals surface area contributed by atoms with Crippen molar-refractivity contribution in [1.29, 1.82) is 0 Å². The van der Waals surface area contributed by atoms with E-state index in [0.717, 1.165) is 5.75 Å². The van der Waals surface area contributed by atoms with Crippen LogP contribution in [0.1, 0.15) is 17.4 Å². The van der Waals surface area contributed by atoms with Gasteiger partial charge in [-0.25, -0.2) is 4.68 Å². The number of methoxy groups -OCH3 is 1. The van der Waals surface area contributed by atoms with Crippen LogP contribution in [0.25, 0.3) is 5.69 Å². The number of ether oxygens (including phenoxy) is 2. The van der Waals surface area contributed by atoms with Gasteiger partial charge < -0.3 is 14.8 Å². The van der Waals surface area contributed by atoms with E-state index in [1.807, 2.05) is 6.92 Å². The molecule has 1 heterocycles. The second-order valence-corrected chi connectivity index (χ2v) is 5.55. The summed E-state index contributed by atoms with van der Waals surface area (Å²) in [6, 6.07) is 15.4. The number of benzene rings is 2. The largest absolute Gasteiger partial charge is 0.495 e. The Morgan fingerprint density at radius 2 is 1.85 bits per heavy atom. The van der Waals surface area contributed by atoms with Crippen LogP contribution in [0.4, 0.5) is 5.69 Å². The van der Waals surface area contributed by atoms with Crippen LogP contribution in [0.2, 0.25) is 0 Å². The number of carbonyl (C=O) groups excluding carboxylic acids is 1. The fourth-order valence-electron chi connectivity index (χ4n) is 2.50. The van der Waals surface area contributed by atoms with E-state index in [9.17, 15) is 9.59 Å². The summed E-state index contributed by atoms with van der Waals surface area (Å²) in [5.41, 5.74) is 0.481. The Hall–Kier alpha value is -3.61. The minimum Gasteiger partial charge on any atom is -0.495 e. The molecule has 3 aromatic rings. The Kier molecular flexibility index (Phi) is 5.51. The van der Waals surface area contributed by atoms with Crippen LogP contribution < -0.4 is 20.2 Å². The maximum Gasteiger partial charge on any atom is 0.280 e. The number of amides is 1. The van der Waals surface area contributed by atoms with E-state index in [4.69, 9.17) is 9.47 Å². The lowest BCUT2D eigenvalue weighted by Crippen LogP contribution is -2.25. The zero-order valence-electron chi connectivity index (χ0n) is 15.0. The van der Waals surface area contributed by atoms with E-state index < -0.39 is 11.3 Å². The predicted molar refractivity (Wildman–Crippen MR) is 102 cm³/mol. The van der Waals surface area contributed by atoms with Gasteiger partial charge in [0, 0.05) is 12.3 Å². The fraction of sp³-hybridized carbons (Fsp3) is 0.150. The molecule has 27 heavy (non-hydrogen) atoms. The molecule has 0 fully saturated rings. The molecule has 1 aromatic heterocycles. The van der Waals surface area contributed by atoms with Gasteiger partial charge in [-0.2, -0.15) is 5.10 Å². The van der Waals surface area contributed by atoms with Gasteiger partial charge >= 0.3 is 0 Å². The lowest BCUT2D eigenvalue weighted by molar-refractivity contribution is 0.101. The van der Waals surface area contributed by atoms with Gasteiger partial charge in [-0.05, 0) is 43.3 Å². The molecule has 0 radical (unpaired) electrons. The molecule has 0 spiro atoms. The van der Waals surface area contributed by atoms with Crippen molar-refractivity contribution in [2.75, 3.05) is 19.0 Å². The first-order valence-electron chi connectivity index (χ1n) is 8.40. The molecule has 7 heteroatoms. The summed E-state index contributed by atoms with van der Waals surface area (Å²) >= 11 is 0. The number of hydrogen-bond acceptors (Lipinski definition) is 5. The van der Waals surface area contributed by atoms with Crippen molar-refractivity contribution in [3.8, 4) is 17.2 Å². The van der Waals surface area contributed by atoms with Gasteiger partial charge in [0.25, 0.3) is 5.91 Å². The van der Waals surface area contributed by atoms with E-state index in [1.165, 1.54) is 24.1 Å². The number of rotatable bonds is 6. The van der Waals surface area contributed by atoms with E-state index in [0.29, 0.717) is 23.7 Å². The second-order valence-electron chi connectivity index (χ2n) is 5.55. The Bertz CT molecular complexity index is 997. The SMILES string of the molecule is CCOc1ccc(-n2ccc(=O)c(C(=O)Nc3ccccc3OC)n2)cc1. The molecule has 138 valence electrons. The first-order chi connectivity index (χ1) is 13.1. The summed E-state index contributed by atoms with van der Waals surface area (Å²) in [7, 11) is 1.50. The number of nitrogens with zero attached hydrogens (tertiary/aromatic N) is 2. The summed E-state index contributed by atoms with van der Waals surface area (Å²) in [6.07, 6.45) is 1.51. The Morgan fingerprint density at radius 3 is 2.56 bits per heavy atom. The summed E-state index contributed by atoms with van der Waals surface area (Å²) in [5.74, 6) is 0.620.